The van der Waals surface area contributed by atoms with E-state index in [2.05, 4.69) is 27.5 Å². The minimum atomic E-state index is -1.02. The van der Waals surface area contributed by atoms with Gasteiger partial charge in [-0.25, -0.2) is 9.59 Å². The Balaban J connectivity index is 1.87. The molecule has 3 N–H and O–H groups in total. The maximum atomic E-state index is 12.0. The molecule has 1 saturated heterocycles. The Labute approximate surface area is 152 Å². The number of carbonyl (C=O) groups excluding carboxylic acids is 1. The van der Waals surface area contributed by atoms with E-state index in [0.29, 0.717) is 17.9 Å². The highest BCUT2D eigenvalue weighted by molar-refractivity contribution is 7.98. The van der Waals surface area contributed by atoms with Crippen LogP contribution in [0.1, 0.15) is 6.42 Å². The van der Waals surface area contributed by atoms with E-state index in [1.165, 1.54) is 0 Å². The number of carbonyl (C=O) groups is 2. The van der Waals surface area contributed by atoms with Gasteiger partial charge < -0.3 is 25.5 Å². The highest BCUT2D eigenvalue weighted by Crippen LogP contribution is 2.19. The number of carboxylic acids is 1. The van der Waals surface area contributed by atoms with Crippen molar-refractivity contribution < 1.29 is 14.7 Å². The number of amides is 2. The molecule has 1 aliphatic heterocycles. The first kappa shape index (κ1) is 19.4. The third kappa shape index (κ3) is 6.13. The van der Waals surface area contributed by atoms with Crippen molar-refractivity contribution in [2.75, 3.05) is 55.5 Å². The van der Waals surface area contributed by atoms with Crippen LogP contribution in [0.5, 0.6) is 0 Å². The minimum Gasteiger partial charge on any atom is -0.480 e. The van der Waals surface area contributed by atoms with Crippen molar-refractivity contribution in [3.63, 3.8) is 0 Å². The van der Waals surface area contributed by atoms with Crippen LogP contribution in [0, 0.1) is 0 Å². The average molecular weight is 366 g/mol. The van der Waals surface area contributed by atoms with Crippen LogP contribution in [-0.4, -0.2) is 73.3 Å². The smallest absolute Gasteiger partial charge is 0.326 e. The third-order valence-electron chi connectivity index (χ3n) is 4.21. The highest BCUT2D eigenvalue weighted by atomic mass is 32.2. The van der Waals surface area contributed by atoms with E-state index in [0.717, 1.165) is 31.9 Å². The highest BCUT2D eigenvalue weighted by Gasteiger charge is 2.19. The van der Waals surface area contributed by atoms with Crippen molar-refractivity contribution in [1.82, 2.24) is 10.2 Å². The predicted octanol–water partition coefficient (Wildman–Crippen LogP) is 1.77. The van der Waals surface area contributed by atoms with Gasteiger partial charge in [0.05, 0.1) is 0 Å². The molecule has 0 saturated carbocycles. The average Bonchev–Trinajstić information content (AvgIpc) is 2.60. The van der Waals surface area contributed by atoms with Crippen LogP contribution < -0.4 is 15.5 Å². The number of thioether (sulfide) groups is 1. The van der Waals surface area contributed by atoms with Gasteiger partial charge in [-0.2, -0.15) is 11.8 Å². The Hall–Kier alpha value is -1.93. The summed E-state index contributed by atoms with van der Waals surface area (Å²) in [6.45, 7) is 4.04. The zero-order valence-electron chi connectivity index (χ0n) is 14.7. The maximum absolute atomic E-state index is 12.0. The fraction of sp³-hybridized carbons (Fsp3) is 0.529. The van der Waals surface area contributed by atoms with Gasteiger partial charge in [-0.3, -0.25) is 0 Å². The van der Waals surface area contributed by atoms with Crippen molar-refractivity contribution in [1.29, 1.82) is 0 Å². The second-order valence-corrected chi connectivity index (χ2v) is 7.09. The first-order chi connectivity index (χ1) is 12.0. The van der Waals surface area contributed by atoms with Crippen molar-refractivity contribution in [2.45, 2.75) is 12.5 Å². The number of anilines is 2. The predicted molar refractivity (Wildman–Crippen MR) is 103 cm³/mol. The topological polar surface area (TPSA) is 84.9 Å². The maximum Gasteiger partial charge on any atom is 0.326 e. The second-order valence-electron chi connectivity index (χ2n) is 6.11. The monoisotopic (exact) mass is 366 g/mol. The minimum absolute atomic E-state index is 0.395. The van der Waals surface area contributed by atoms with Gasteiger partial charge in [0.15, 0.2) is 0 Å². The molecule has 0 radical (unpaired) electrons. The molecule has 1 heterocycles. The van der Waals surface area contributed by atoms with Crippen molar-refractivity contribution in [3.05, 3.63) is 24.3 Å². The Kier molecular flexibility index (Phi) is 7.39. The van der Waals surface area contributed by atoms with E-state index in [1.807, 2.05) is 30.5 Å². The number of nitrogens with one attached hydrogen (secondary N) is 2. The molecule has 1 atom stereocenters. The van der Waals surface area contributed by atoms with Crippen LogP contribution in [-0.2, 0) is 4.79 Å². The number of benzene rings is 1. The summed E-state index contributed by atoms with van der Waals surface area (Å²) < 4.78 is 0. The lowest BCUT2D eigenvalue weighted by Crippen LogP contribution is -2.44. The standard InChI is InChI=1S/C17H26N4O3S/c1-20-8-10-21(11-9-20)14-5-3-13(4-6-14)18-17(24)19-15(16(22)23)7-12-25-2/h3-6,15H,7-12H2,1-2H3,(H,22,23)(H2,18,19,24). The van der Waals surface area contributed by atoms with Gasteiger partial charge in [-0.05, 0) is 49.7 Å². The summed E-state index contributed by atoms with van der Waals surface area (Å²) in [7, 11) is 2.12. The van der Waals surface area contributed by atoms with Gasteiger partial charge >= 0.3 is 12.0 Å². The number of aliphatic carboxylic acids is 1. The van der Waals surface area contributed by atoms with Gasteiger partial charge in [0.25, 0.3) is 0 Å². The normalized spacial score (nSPS) is 16.3. The molecule has 1 aromatic carbocycles. The molecule has 0 aliphatic carbocycles. The summed E-state index contributed by atoms with van der Waals surface area (Å²) in [5.41, 5.74) is 1.77. The summed E-state index contributed by atoms with van der Waals surface area (Å²) in [6, 6.07) is 6.25. The second kappa shape index (κ2) is 9.53. The molecule has 25 heavy (non-hydrogen) atoms. The van der Waals surface area contributed by atoms with Gasteiger partial charge in [-0.1, -0.05) is 0 Å². The number of piperazine rings is 1. The van der Waals surface area contributed by atoms with E-state index in [-0.39, 0.29) is 0 Å². The van der Waals surface area contributed by atoms with Crippen LogP contribution in [0.15, 0.2) is 24.3 Å². The first-order valence-corrected chi connectivity index (χ1v) is 9.72. The van der Waals surface area contributed by atoms with Gasteiger partial charge in [0.2, 0.25) is 0 Å². The summed E-state index contributed by atoms with van der Waals surface area (Å²) >= 11 is 1.55. The van der Waals surface area contributed by atoms with Crippen molar-refractivity contribution >= 4 is 35.1 Å². The van der Waals surface area contributed by atoms with Crippen LogP contribution in [0.2, 0.25) is 0 Å². The first-order valence-electron chi connectivity index (χ1n) is 8.32. The fourth-order valence-corrected chi connectivity index (χ4v) is 3.11. The molecule has 7 nitrogen and oxygen atoms in total. The Bertz CT molecular complexity index is 574. The largest absolute Gasteiger partial charge is 0.480 e. The SMILES string of the molecule is CSCCC(NC(=O)Nc1ccc(N2CCN(C)CC2)cc1)C(=O)O. The molecule has 1 fully saturated rings. The Morgan fingerprint density at radius 3 is 2.40 bits per heavy atom. The van der Waals surface area contributed by atoms with E-state index < -0.39 is 18.0 Å². The number of nitrogens with zero attached hydrogens (tertiary/aromatic N) is 2. The van der Waals surface area contributed by atoms with Crippen LogP contribution in [0.25, 0.3) is 0 Å². The molecule has 2 amide bonds. The molecule has 1 aliphatic rings. The van der Waals surface area contributed by atoms with Crippen LogP contribution >= 0.6 is 11.8 Å². The quantitative estimate of drug-likeness (QED) is 0.682. The van der Waals surface area contributed by atoms with Gasteiger partial charge in [-0.15, -0.1) is 0 Å². The van der Waals surface area contributed by atoms with E-state index in [9.17, 15) is 9.59 Å². The molecule has 0 aromatic heterocycles. The molecule has 138 valence electrons. The summed E-state index contributed by atoms with van der Waals surface area (Å²) in [5, 5.41) is 14.4. The van der Waals surface area contributed by atoms with Crippen LogP contribution in [0.3, 0.4) is 0 Å². The van der Waals surface area contributed by atoms with Crippen LogP contribution in [0.4, 0.5) is 16.2 Å². The van der Waals surface area contributed by atoms with E-state index in [1.54, 1.807) is 11.8 Å². The number of hydrogen-bond donors (Lipinski definition) is 3. The molecule has 1 aromatic rings. The molecule has 0 bridgehead atoms. The Morgan fingerprint density at radius 2 is 1.84 bits per heavy atom. The summed E-state index contributed by atoms with van der Waals surface area (Å²) in [6.07, 6.45) is 2.30. The fourth-order valence-electron chi connectivity index (χ4n) is 2.64. The summed E-state index contributed by atoms with van der Waals surface area (Å²) in [5.74, 6) is -0.341. The Morgan fingerprint density at radius 1 is 1.20 bits per heavy atom. The molecular formula is C17H26N4O3S. The number of hydrogen-bond acceptors (Lipinski definition) is 5. The molecule has 1 unspecified atom stereocenters. The lowest BCUT2D eigenvalue weighted by molar-refractivity contribution is -0.139. The zero-order chi connectivity index (χ0) is 18.2. The summed E-state index contributed by atoms with van der Waals surface area (Å²) in [4.78, 5) is 27.8. The lowest BCUT2D eigenvalue weighted by Gasteiger charge is -2.34. The number of rotatable bonds is 7. The molecule has 8 heteroatoms. The molecular weight excluding hydrogens is 340 g/mol. The number of carboxylic acid groups (broad SMARTS) is 1. The number of urea groups is 1. The van der Waals surface area contributed by atoms with E-state index in [4.69, 9.17) is 5.11 Å². The van der Waals surface area contributed by atoms with Gasteiger partial charge in [0, 0.05) is 37.6 Å². The molecule has 0 spiro atoms. The van der Waals surface area contributed by atoms with Gasteiger partial charge in [0.1, 0.15) is 6.04 Å². The zero-order valence-corrected chi connectivity index (χ0v) is 15.5. The van der Waals surface area contributed by atoms with Crippen molar-refractivity contribution in [2.24, 2.45) is 0 Å². The number of likely N-dealkylation sites (N-methyl/N-ethyl adjacent to an activating group) is 1. The third-order valence-corrected chi connectivity index (χ3v) is 4.85. The molecule has 2 rings (SSSR count). The van der Waals surface area contributed by atoms with Crippen molar-refractivity contribution in [3.8, 4) is 0 Å². The van der Waals surface area contributed by atoms with E-state index >= 15 is 0 Å². The lowest BCUT2D eigenvalue weighted by atomic mass is 10.2.